The van der Waals surface area contributed by atoms with Crippen LogP contribution >= 0.6 is 23.4 Å². The maximum Gasteiger partial charge on any atom is 0.261 e. The summed E-state index contributed by atoms with van der Waals surface area (Å²) in [7, 11) is 0. The van der Waals surface area contributed by atoms with E-state index in [1.807, 2.05) is 35.0 Å². The van der Waals surface area contributed by atoms with Gasteiger partial charge in [0.1, 0.15) is 12.3 Å². The number of benzene rings is 1. The number of carbonyl (C=O) groups excluding carboxylic acids is 2. The van der Waals surface area contributed by atoms with Crippen LogP contribution in [0.3, 0.4) is 0 Å². The molecular formula is C18H15ClN4O2S. The molecule has 3 heterocycles. The third-order valence-electron chi connectivity index (χ3n) is 4.44. The van der Waals surface area contributed by atoms with Gasteiger partial charge in [-0.1, -0.05) is 29.4 Å². The third kappa shape index (κ3) is 2.97. The molecule has 0 saturated carbocycles. The molecule has 6 nitrogen and oxygen atoms in total. The molecule has 1 N–H and O–H groups in total. The van der Waals surface area contributed by atoms with Crippen LogP contribution in [0.5, 0.6) is 0 Å². The van der Waals surface area contributed by atoms with Crippen molar-refractivity contribution in [3.8, 4) is 0 Å². The molecule has 2 aliphatic rings. The molecular weight excluding hydrogens is 372 g/mol. The number of aliphatic imine (C=N–C) groups is 2. The van der Waals surface area contributed by atoms with Gasteiger partial charge in [0.2, 0.25) is 0 Å². The van der Waals surface area contributed by atoms with Crippen molar-refractivity contribution in [2.45, 2.75) is 13.5 Å². The zero-order valence-corrected chi connectivity index (χ0v) is 15.5. The van der Waals surface area contributed by atoms with Crippen molar-refractivity contribution in [2.24, 2.45) is 15.9 Å². The molecule has 8 heteroatoms. The SMILES string of the molecule is CC1=C(C(=O)NCCn2ccc3ccc(Cl)cc32)SC2=NC=NC(=O)C21. The van der Waals surface area contributed by atoms with Crippen LogP contribution in [0.2, 0.25) is 5.02 Å². The van der Waals surface area contributed by atoms with E-state index in [9.17, 15) is 9.59 Å². The predicted octanol–water partition coefficient (Wildman–Crippen LogP) is 3.01. The summed E-state index contributed by atoms with van der Waals surface area (Å²) in [5, 5.41) is 5.33. The number of amides is 2. The number of carbonyl (C=O) groups is 2. The Kier molecular flexibility index (Phi) is 4.42. The number of hydrogen-bond acceptors (Lipinski definition) is 4. The van der Waals surface area contributed by atoms with Crippen LogP contribution < -0.4 is 5.32 Å². The predicted molar refractivity (Wildman–Crippen MR) is 105 cm³/mol. The first kappa shape index (κ1) is 17.1. The van der Waals surface area contributed by atoms with E-state index in [4.69, 9.17) is 11.6 Å². The van der Waals surface area contributed by atoms with E-state index in [1.165, 1.54) is 18.1 Å². The lowest BCUT2D eigenvalue weighted by atomic mass is 10.00. The monoisotopic (exact) mass is 386 g/mol. The average Bonchev–Trinajstić information content (AvgIpc) is 3.17. The molecule has 0 spiro atoms. The minimum Gasteiger partial charge on any atom is -0.350 e. The summed E-state index contributed by atoms with van der Waals surface area (Å²) in [5.74, 6) is -0.952. The number of nitrogens with one attached hydrogen (secondary N) is 1. The van der Waals surface area contributed by atoms with Crippen LogP contribution in [-0.2, 0) is 16.1 Å². The fraction of sp³-hybridized carbons (Fsp3) is 0.222. The van der Waals surface area contributed by atoms with Crippen LogP contribution in [0.15, 0.2) is 50.9 Å². The van der Waals surface area contributed by atoms with Crippen molar-refractivity contribution >= 4 is 57.5 Å². The topological polar surface area (TPSA) is 75.8 Å². The molecule has 0 saturated heterocycles. The first-order chi connectivity index (χ1) is 12.5. The van der Waals surface area contributed by atoms with Crippen molar-refractivity contribution < 1.29 is 9.59 Å². The fourth-order valence-corrected chi connectivity index (χ4v) is 4.43. The summed E-state index contributed by atoms with van der Waals surface area (Å²) in [6.45, 7) is 2.88. The quantitative estimate of drug-likeness (QED) is 0.877. The molecule has 2 amide bonds. The second kappa shape index (κ2) is 6.74. The third-order valence-corrected chi connectivity index (χ3v) is 5.94. The number of fused-ring (bicyclic) bond motifs is 2. The first-order valence-corrected chi connectivity index (χ1v) is 9.29. The van der Waals surface area contributed by atoms with Crippen LogP contribution in [0.1, 0.15) is 6.92 Å². The Bertz CT molecular complexity index is 1020. The molecule has 0 aliphatic carbocycles. The summed E-state index contributed by atoms with van der Waals surface area (Å²) >= 11 is 7.31. The highest BCUT2D eigenvalue weighted by Crippen LogP contribution is 2.39. The van der Waals surface area contributed by atoms with Gasteiger partial charge in [0.25, 0.3) is 11.8 Å². The van der Waals surface area contributed by atoms with E-state index in [2.05, 4.69) is 15.3 Å². The molecule has 0 radical (unpaired) electrons. The highest BCUT2D eigenvalue weighted by molar-refractivity contribution is 8.18. The van der Waals surface area contributed by atoms with Gasteiger partial charge in [-0.15, -0.1) is 0 Å². The van der Waals surface area contributed by atoms with E-state index >= 15 is 0 Å². The molecule has 0 fully saturated rings. The van der Waals surface area contributed by atoms with Crippen molar-refractivity contribution in [3.63, 3.8) is 0 Å². The van der Waals surface area contributed by atoms with Gasteiger partial charge in [0.05, 0.1) is 9.95 Å². The number of thioether (sulfide) groups is 1. The van der Waals surface area contributed by atoms with E-state index in [1.54, 1.807) is 6.92 Å². The molecule has 2 aliphatic heterocycles. The standard InChI is InChI=1S/C18H15ClN4O2S/c1-10-14-16(24)21-9-22-18(14)26-15(10)17(25)20-5-7-23-6-4-11-2-3-12(19)8-13(11)23/h2-4,6,8-9,14H,5,7H2,1H3,(H,20,25). The molecule has 4 rings (SSSR count). The van der Waals surface area contributed by atoms with Crippen LogP contribution in [0.25, 0.3) is 10.9 Å². The zero-order chi connectivity index (χ0) is 18.3. The summed E-state index contributed by atoms with van der Waals surface area (Å²) in [6.07, 6.45) is 3.22. The lowest BCUT2D eigenvalue weighted by Gasteiger charge is -2.09. The summed E-state index contributed by atoms with van der Waals surface area (Å²) < 4.78 is 2.05. The minimum absolute atomic E-state index is 0.188. The van der Waals surface area contributed by atoms with Crippen LogP contribution in [-0.4, -0.2) is 34.3 Å². The fourth-order valence-electron chi connectivity index (χ4n) is 3.12. The largest absolute Gasteiger partial charge is 0.350 e. The van der Waals surface area contributed by atoms with Gasteiger partial charge >= 0.3 is 0 Å². The second-order valence-electron chi connectivity index (χ2n) is 6.07. The maximum absolute atomic E-state index is 12.5. The van der Waals surface area contributed by atoms with Gasteiger partial charge in [-0.25, -0.2) is 9.98 Å². The van der Waals surface area contributed by atoms with E-state index in [0.717, 1.165) is 10.9 Å². The summed E-state index contributed by atoms with van der Waals surface area (Å²) in [4.78, 5) is 32.8. The van der Waals surface area contributed by atoms with E-state index in [0.29, 0.717) is 33.6 Å². The molecule has 26 heavy (non-hydrogen) atoms. The van der Waals surface area contributed by atoms with Gasteiger partial charge in [-0.05, 0) is 36.1 Å². The number of rotatable bonds is 4. The smallest absolute Gasteiger partial charge is 0.261 e. The van der Waals surface area contributed by atoms with Gasteiger partial charge < -0.3 is 9.88 Å². The molecule has 2 aromatic rings. The lowest BCUT2D eigenvalue weighted by molar-refractivity contribution is -0.118. The molecule has 1 unspecified atom stereocenters. The lowest BCUT2D eigenvalue weighted by Crippen LogP contribution is -2.27. The molecule has 0 bridgehead atoms. The van der Waals surface area contributed by atoms with Crippen molar-refractivity contribution in [1.29, 1.82) is 0 Å². The molecule has 1 aromatic heterocycles. The Hall–Kier alpha value is -2.38. The zero-order valence-electron chi connectivity index (χ0n) is 13.9. The van der Waals surface area contributed by atoms with Crippen LogP contribution in [0.4, 0.5) is 0 Å². The van der Waals surface area contributed by atoms with Crippen molar-refractivity contribution in [2.75, 3.05) is 6.54 Å². The van der Waals surface area contributed by atoms with E-state index in [-0.39, 0.29) is 11.8 Å². The second-order valence-corrected chi connectivity index (χ2v) is 7.53. The molecule has 132 valence electrons. The summed E-state index contributed by atoms with van der Waals surface area (Å²) in [5.41, 5.74) is 1.74. The summed E-state index contributed by atoms with van der Waals surface area (Å²) in [6, 6.07) is 7.75. The average molecular weight is 387 g/mol. The van der Waals surface area contributed by atoms with Crippen LogP contribution in [0, 0.1) is 5.92 Å². The number of nitrogens with zero attached hydrogens (tertiary/aromatic N) is 3. The van der Waals surface area contributed by atoms with Gasteiger partial charge in [-0.3, -0.25) is 9.59 Å². The van der Waals surface area contributed by atoms with Gasteiger partial charge in [0.15, 0.2) is 0 Å². The Morgan fingerprint density at radius 2 is 2.23 bits per heavy atom. The molecule has 1 atom stereocenters. The number of hydrogen-bond donors (Lipinski definition) is 1. The Morgan fingerprint density at radius 3 is 3.04 bits per heavy atom. The Morgan fingerprint density at radius 1 is 1.38 bits per heavy atom. The normalized spacial score (nSPS) is 19.1. The number of halogens is 1. The first-order valence-electron chi connectivity index (χ1n) is 8.10. The highest BCUT2D eigenvalue weighted by Gasteiger charge is 2.38. The Labute approximate surface area is 159 Å². The number of aromatic nitrogens is 1. The van der Waals surface area contributed by atoms with Crippen molar-refractivity contribution in [1.82, 2.24) is 9.88 Å². The van der Waals surface area contributed by atoms with E-state index < -0.39 is 5.92 Å². The Balaban J connectivity index is 1.43. The molecule has 1 aromatic carbocycles. The maximum atomic E-state index is 12.5. The van der Waals surface area contributed by atoms with Gasteiger partial charge in [-0.2, -0.15) is 0 Å². The van der Waals surface area contributed by atoms with Crippen molar-refractivity contribution in [3.05, 3.63) is 46.0 Å². The minimum atomic E-state index is -0.499. The highest BCUT2D eigenvalue weighted by atomic mass is 35.5. The van der Waals surface area contributed by atoms with Gasteiger partial charge in [0, 0.05) is 29.8 Å².